The van der Waals surface area contributed by atoms with Gasteiger partial charge in [-0.05, 0) is 41.8 Å². The molecule has 1 aromatic heterocycles. The maximum absolute atomic E-state index is 9.35. The van der Waals surface area contributed by atoms with Crippen molar-refractivity contribution in [3.8, 4) is 16.9 Å². The van der Waals surface area contributed by atoms with Crippen molar-refractivity contribution in [1.82, 2.24) is 4.98 Å². The fraction of sp³-hybridized carbons (Fsp3) is 0.0588. The number of aromatic hydroxyl groups is 1. The van der Waals surface area contributed by atoms with Crippen molar-refractivity contribution in [3.63, 3.8) is 0 Å². The van der Waals surface area contributed by atoms with Gasteiger partial charge >= 0.3 is 0 Å². The predicted molar refractivity (Wildman–Crippen MR) is 91.6 cm³/mol. The summed E-state index contributed by atoms with van der Waals surface area (Å²) in [6, 6.07) is 15.2. The van der Waals surface area contributed by atoms with Crippen molar-refractivity contribution < 1.29 is 5.11 Å². The molecule has 2 N–H and O–H groups in total. The molecule has 0 aliphatic heterocycles. The highest BCUT2D eigenvalue weighted by atomic mass is 32.1. The first-order valence-electron chi connectivity index (χ1n) is 6.81. The third-order valence-corrected chi connectivity index (χ3v) is 3.94. The number of hydrogen-bond acceptors (Lipinski definition) is 5. The molecule has 0 amide bonds. The molecule has 0 aliphatic rings. The van der Waals surface area contributed by atoms with Gasteiger partial charge in [0, 0.05) is 5.38 Å². The van der Waals surface area contributed by atoms with E-state index >= 15 is 0 Å². The van der Waals surface area contributed by atoms with Gasteiger partial charge in [-0.15, -0.1) is 11.3 Å². The number of aromatic nitrogens is 1. The molecular weight excluding hydrogens is 294 g/mol. The summed E-state index contributed by atoms with van der Waals surface area (Å²) < 4.78 is 0. The lowest BCUT2D eigenvalue weighted by molar-refractivity contribution is 0.475. The Morgan fingerprint density at radius 3 is 2.68 bits per heavy atom. The standard InChI is InChI=1S/C17H15N3OS/c1-12-11-22-17(19-12)20-18-10-13-3-2-4-15(9-13)14-5-7-16(21)8-6-14/h2-11,21H,1H3,(H,19,20). The van der Waals surface area contributed by atoms with E-state index in [9.17, 15) is 5.11 Å². The lowest BCUT2D eigenvalue weighted by atomic mass is 10.0. The van der Waals surface area contributed by atoms with Crippen LogP contribution in [0.3, 0.4) is 0 Å². The maximum Gasteiger partial charge on any atom is 0.203 e. The summed E-state index contributed by atoms with van der Waals surface area (Å²) in [5, 5.41) is 16.3. The molecule has 2 aromatic carbocycles. The first-order valence-corrected chi connectivity index (χ1v) is 7.69. The molecule has 0 spiro atoms. The highest BCUT2D eigenvalue weighted by molar-refractivity contribution is 7.13. The zero-order chi connectivity index (χ0) is 15.4. The number of thiazole rings is 1. The second-order valence-corrected chi connectivity index (χ2v) is 5.69. The number of nitrogens with zero attached hydrogens (tertiary/aromatic N) is 2. The van der Waals surface area contributed by atoms with Gasteiger partial charge in [-0.3, -0.25) is 5.43 Å². The largest absolute Gasteiger partial charge is 0.508 e. The van der Waals surface area contributed by atoms with E-state index in [1.807, 2.05) is 48.7 Å². The van der Waals surface area contributed by atoms with E-state index in [4.69, 9.17) is 0 Å². The maximum atomic E-state index is 9.35. The molecule has 0 aliphatic carbocycles. The van der Waals surface area contributed by atoms with Crippen LogP contribution in [0.25, 0.3) is 11.1 Å². The van der Waals surface area contributed by atoms with Crippen molar-refractivity contribution in [2.75, 3.05) is 5.43 Å². The fourth-order valence-corrected chi connectivity index (χ4v) is 2.66. The molecule has 110 valence electrons. The molecule has 1 heterocycles. The zero-order valence-electron chi connectivity index (χ0n) is 12.0. The third kappa shape index (κ3) is 3.51. The van der Waals surface area contributed by atoms with Gasteiger partial charge in [0.25, 0.3) is 0 Å². The van der Waals surface area contributed by atoms with E-state index < -0.39 is 0 Å². The number of aryl methyl sites for hydroxylation is 1. The molecule has 0 atom stereocenters. The summed E-state index contributed by atoms with van der Waals surface area (Å²) in [6.07, 6.45) is 1.76. The summed E-state index contributed by atoms with van der Waals surface area (Å²) >= 11 is 1.53. The smallest absolute Gasteiger partial charge is 0.203 e. The van der Waals surface area contributed by atoms with Crippen LogP contribution in [0.15, 0.2) is 59.0 Å². The Morgan fingerprint density at radius 1 is 1.14 bits per heavy atom. The number of benzene rings is 2. The van der Waals surface area contributed by atoms with E-state index in [1.165, 1.54) is 11.3 Å². The minimum Gasteiger partial charge on any atom is -0.508 e. The third-order valence-electron chi connectivity index (χ3n) is 3.08. The van der Waals surface area contributed by atoms with Crippen LogP contribution < -0.4 is 5.43 Å². The van der Waals surface area contributed by atoms with Gasteiger partial charge < -0.3 is 5.11 Å². The van der Waals surface area contributed by atoms with E-state index in [0.717, 1.165) is 27.5 Å². The van der Waals surface area contributed by atoms with Gasteiger partial charge in [0.05, 0.1) is 11.9 Å². The molecule has 0 fully saturated rings. The molecule has 0 unspecified atom stereocenters. The Kier molecular flexibility index (Phi) is 4.16. The van der Waals surface area contributed by atoms with Gasteiger partial charge in [0.1, 0.15) is 5.75 Å². The first-order chi connectivity index (χ1) is 10.7. The topological polar surface area (TPSA) is 57.5 Å². The summed E-state index contributed by atoms with van der Waals surface area (Å²) in [5.41, 5.74) is 7.03. The van der Waals surface area contributed by atoms with Gasteiger partial charge in [-0.1, -0.05) is 30.3 Å². The summed E-state index contributed by atoms with van der Waals surface area (Å²) in [7, 11) is 0. The molecule has 3 rings (SSSR count). The van der Waals surface area contributed by atoms with Crippen LogP contribution >= 0.6 is 11.3 Å². The number of anilines is 1. The molecule has 22 heavy (non-hydrogen) atoms. The lowest BCUT2D eigenvalue weighted by Crippen LogP contribution is -1.90. The second kappa shape index (κ2) is 6.41. The summed E-state index contributed by atoms with van der Waals surface area (Å²) in [5.74, 6) is 0.268. The van der Waals surface area contributed by atoms with E-state index in [1.54, 1.807) is 18.3 Å². The minimum absolute atomic E-state index is 0.268. The molecule has 0 bridgehead atoms. The highest BCUT2D eigenvalue weighted by Gasteiger charge is 1.99. The number of nitrogens with one attached hydrogen (secondary N) is 1. The molecule has 5 heteroatoms. The quantitative estimate of drug-likeness (QED) is 0.559. The molecular formula is C17H15N3OS. The Bertz CT molecular complexity index is 794. The van der Waals surface area contributed by atoms with Crippen molar-refractivity contribution in [2.24, 2.45) is 5.10 Å². The Morgan fingerprint density at radius 2 is 1.95 bits per heavy atom. The highest BCUT2D eigenvalue weighted by Crippen LogP contribution is 2.22. The molecule has 3 aromatic rings. The molecule has 0 radical (unpaired) electrons. The Balaban J connectivity index is 1.74. The van der Waals surface area contributed by atoms with Crippen LogP contribution in [0, 0.1) is 6.92 Å². The van der Waals surface area contributed by atoms with E-state index in [0.29, 0.717) is 0 Å². The number of phenols is 1. The lowest BCUT2D eigenvalue weighted by Gasteiger charge is -2.03. The van der Waals surface area contributed by atoms with Crippen LogP contribution in [-0.4, -0.2) is 16.3 Å². The molecule has 0 saturated carbocycles. The SMILES string of the molecule is Cc1csc(NN=Cc2cccc(-c3ccc(O)cc3)c2)n1. The van der Waals surface area contributed by atoms with Crippen molar-refractivity contribution in [1.29, 1.82) is 0 Å². The predicted octanol–water partition coefficient (Wildman–Crippen LogP) is 4.27. The minimum atomic E-state index is 0.268. The number of hydrazone groups is 1. The average molecular weight is 309 g/mol. The summed E-state index contributed by atoms with van der Waals surface area (Å²) in [6.45, 7) is 1.95. The number of hydrogen-bond donors (Lipinski definition) is 2. The van der Waals surface area contributed by atoms with Crippen molar-refractivity contribution >= 4 is 22.7 Å². The van der Waals surface area contributed by atoms with Crippen molar-refractivity contribution in [2.45, 2.75) is 6.92 Å². The number of rotatable bonds is 4. The van der Waals surface area contributed by atoms with Crippen molar-refractivity contribution in [3.05, 3.63) is 65.2 Å². The van der Waals surface area contributed by atoms with Crippen LogP contribution in [-0.2, 0) is 0 Å². The number of phenolic OH excluding ortho intramolecular Hbond substituents is 1. The molecule has 4 nitrogen and oxygen atoms in total. The van der Waals surface area contributed by atoms with Crippen LogP contribution in [0.5, 0.6) is 5.75 Å². The monoisotopic (exact) mass is 309 g/mol. The van der Waals surface area contributed by atoms with Gasteiger partial charge in [0.2, 0.25) is 5.13 Å². The normalized spacial score (nSPS) is 11.0. The Labute approximate surface area is 132 Å². The Hall–Kier alpha value is -2.66. The van der Waals surface area contributed by atoms with Gasteiger partial charge in [-0.25, -0.2) is 4.98 Å². The zero-order valence-corrected chi connectivity index (χ0v) is 12.8. The van der Waals surface area contributed by atoms with Crippen LogP contribution in [0.1, 0.15) is 11.3 Å². The van der Waals surface area contributed by atoms with E-state index in [2.05, 4.69) is 15.5 Å². The first kappa shape index (κ1) is 14.3. The van der Waals surface area contributed by atoms with Crippen LogP contribution in [0.4, 0.5) is 5.13 Å². The van der Waals surface area contributed by atoms with E-state index in [-0.39, 0.29) is 5.75 Å². The van der Waals surface area contributed by atoms with Gasteiger partial charge in [-0.2, -0.15) is 5.10 Å². The van der Waals surface area contributed by atoms with Gasteiger partial charge in [0.15, 0.2) is 0 Å². The second-order valence-electron chi connectivity index (χ2n) is 4.84. The summed E-state index contributed by atoms with van der Waals surface area (Å²) in [4.78, 5) is 4.29. The van der Waals surface area contributed by atoms with Crippen LogP contribution in [0.2, 0.25) is 0 Å². The average Bonchev–Trinajstić information content (AvgIpc) is 2.94. The fourth-order valence-electron chi connectivity index (χ4n) is 2.02. The molecule has 0 saturated heterocycles.